The molecule has 1 aromatic rings. The summed E-state index contributed by atoms with van der Waals surface area (Å²) in [4.78, 5) is 28.3. The highest BCUT2D eigenvalue weighted by Gasteiger charge is 2.20. The normalized spacial score (nSPS) is 16.0. The molecule has 1 aliphatic rings. The molecule has 1 aliphatic heterocycles. The number of aryl methyl sites for hydroxylation is 2. The number of pyridine rings is 1. The smallest absolute Gasteiger partial charge is 0.261 e. The number of carbonyl (C=O) groups is 1. The van der Waals surface area contributed by atoms with E-state index in [1.54, 1.807) is 11.0 Å². The van der Waals surface area contributed by atoms with Gasteiger partial charge in [0.15, 0.2) is 0 Å². The van der Waals surface area contributed by atoms with Gasteiger partial charge >= 0.3 is 0 Å². The van der Waals surface area contributed by atoms with Gasteiger partial charge in [0.1, 0.15) is 5.56 Å². The van der Waals surface area contributed by atoms with Gasteiger partial charge in [0.05, 0.1) is 0 Å². The van der Waals surface area contributed by atoms with E-state index in [0.29, 0.717) is 13.1 Å². The Bertz CT molecular complexity index is 487. The molecule has 0 saturated carbocycles. The molecule has 0 bridgehead atoms. The third-order valence-corrected chi connectivity index (χ3v) is 3.13. The highest BCUT2D eigenvalue weighted by Crippen LogP contribution is 2.06. The number of nitrogens with one attached hydrogen (secondary N) is 2. The minimum absolute atomic E-state index is 0.171. The Labute approximate surface area is 99.8 Å². The average molecular weight is 235 g/mol. The van der Waals surface area contributed by atoms with Crippen LogP contribution in [0.25, 0.3) is 0 Å². The molecular weight excluding hydrogens is 218 g/mol. The van der Waals surface area contributed by atoms with Crippen LogP contribution in [0.4, 0.5) is 0 Å². The molecule has 0 spiro atoms. The van der Waals surface area contributed by atoms with Crippen LogP contribution >= 0.6 is 0 Å². The van der Waals surface area contributed by atoms with Gasteiger partial charge in [-0.15, -0.1) is 0 Å². The summed E-state index contributed by atoms with van der Waals surface area (Å²) in [6, 6.07) is 1.68. The molecule has 1 saturated heterocycles. The van der Waals surface area contributed by atoms with E-state index in [1.165, 1.54) is 0 Å². The van der Waals surface area contributed by atoms with Crippen molar-refractivity contribution in [3.63, 3.8) is 0 Å². The van der Waals surface area contributed by atoms with Crippen molar-refractivity contribution in [2.45, 2.75) is 13.8 Å². The van der Waals surface area contributed by atoms with Crippen LogP contribution in [0.2, 0.25) is 0 Å². The van der Waals surface area contributed by atoms with Crippen LogP contribution in [0.1, 0.15) is 21.6 Å². The molecule has 0 radical (unpaired) electrons. The number of rotatable bonds is 1. The molecule has 2 rings (SSSR count). The molecule has 17 heavy (non-hydrogen) atoms. The number of amides is 1. The number of hydrogen-bond acceptors (Lipinski definition) is 3. The maximum Gasteiger partial charge on any atom is 0.261 e. The van der Waals surface area contributed by atoms with Crippen molar-refractivity contribution in [3.05, 3.63) is 33.2 Å². The van der Waals surface area contributed by atoms with Gasteiger partial charge in [-0.2, -0.15) is 0 Å². The summed E-state index contributed by atoms with van der Waals surface area (Å²) in [5.41, 5.74) is 1.70. The first-order valence-electron chi connectivity index (χ1n) is 5.80. The number of piperazine rings is 1. The Hall–Kier alpha value is -1.62. The van der Waals surface area contributed by atoms with Crippen molar-refractivity contribution in [1.82, 2.24) is 15.2 Å². The molecule has 92 valence electrons. The molecule has 2 heterocycles. The van der Waals surface area contributed by atoms with Crippen LogP contribution in [0.3, 0.4) is 0 Å². The van der Waals surface area contributed by atoms with Gasteiger partial charge in [-0.05, 0) is 25.5 Å². The molecule has 5 nitrogen and oxygen atoms in total. The molecule has 1 aromatic heterocycles. The van der Waals surface area contributed by atoms with Gasteiger partial charge in [0, 0.05) is 31.9 Å². The van der Waals surface area contributed by atoms with Gasteiger partial charge in [-0.25, -0.2) is 0 Å². The minimum Gasteiger partial charge on any atom is -0.336 e. The molecule has 2 N–H and O–H groups in total. The molecule has 0 atom stereocenters. The minimum atomic E-state index is -0.295. The van der Waals surface area contributed by atoms with E-state index in [-0.39, 0.29) is 17.0 Å². The van der Waals surface area contributed by atoms with Crippen molar-refractivity contribution < 1.29 is 4.79 Å². The van der Waals surface area contributed by atoms with E-state index >= 15 is 0 Å². The maximum atomic E-state index is 12.2. The summed E-state index contributed by atoms with van der Waals surface area (Å²) in [7, 11) is 0. The van der Waals surface area contributed by atoms with Gasteiger partial charge in [-0.3, -0.25) is 9.59 Å². The van der Waals surface area contributed by atoms with E-state index in [2.05, 4.69) is 10.3 Å². The summed E-state index contributed by atoms with van der Waals surface area (Å²) < 4.78 is 0. The Kier molecular flexibility index (Phi) is 3.28. The standard InChI is InChI=1S/C12H17N3O2/c1-8-7-10(11(16)14-9(8)2)12(17)15-5-3-13-4-6-15/h7,13H,3-6H2,1-2H3,(H,14,16). The predicted molar refractivity (Wildman–Crippen MR) is 65.3 cm³/mol. The van der Waals surface area contributed by atoms with E-state index in [9.17, 15) is 9.59 Å². The lowest BCUT2D eigenvalue weighted by atomic mass is 10.1. The second-order valence-electron chi connectivity index (χ2n) is 4.36. The number of nitrogens with zero attached hydrogens (tertiary/aromatic N) is 1. The van der Waals surface area contributed by atoms with Crippen molar-refractivity contribution >= 4 is 5.91 Å². The lowest BCUT2D eigenvalue weighted by molar-refractivity contribution is 0.0734. The van der Waals surface area contributed by atoms with Crippen LogP contribution in [0.15, 0.2) is 10.9 Å². The van der Waals surface area contributed by atoms with Gasteiger partial charge < -0.3 is 15.2 Å². The summed E-state index contributed by atoms with van der Waals surface area (Å²) >= 11 is 0. The van der Waals surface area contributed by atoms with Crippen LogP contribution in [-0.2, 0) is 0 Å². The number of aromatic amines is 1. The Morgan fingerprint density at radius 3 is 2.59 bits per heavy atom. The van der Waals surface area contributed by atoms with E-state index in [0.717, 1.165) is 24.3 Å². The summed E-state index contributed by atoms with van der Waals surface area (Å²) in [6.07, 6.45) is 0. The van der Waals surface area contributed by atoms with Crippen molar-refractivity contribution in [1.29, 1.82) is 0 Å². The third kappa shape index (κ3) is 2.39. The van der Waals surface area contributed by atoms with Gasteiger partial charge in [0.25, 0.3) is 11.5 Å². The largest absolute Gasteiger partial charge is 0.336 e. The van der Waals surface area contributed by atoms with Crippen molar-refractivity contribution in [2.24, 2.45) is 0 Å². The molecule has 5 heteroatoms. The zero-order valence-corrected chi connectivity index (χ0v) is 10.2. The average Bonchev–Trinajstić information content (AvgIpc) is 2.34. The van der Waals surface area contributed by atoms with Crippen LogP contribution in [0, 0.1) is 13.8 Å². The van der Waals surface area contributed by atoms with Crippen LogP contribution < -0.4 is 10.9 Å². The van der Waals surface area contributed by atoms with E-state index < -0.39 is 0 Å². The summed E-state index contributed by atoms with van der Waals surface area (Å²) in [5.74, 6) is -0.171. The Morgan fingerprint density at radius 2 is 1.94 bits per heavy atom. The van der Waals surface area contributed by atoms with E-state index in [1.807, 2.05) is 13.8 Å². The fourth-order valence-electron chi connectivity index (χ4n) is 1.92. The highest BCUT2D eigenvalue weighted by molar-refractivity contribution is 5.94. The van der Waals surface area contributed by atoms with Crippen molar-refractivity contribution in [2.75, 3.05) is 26.2 Å². The monoisotopic (exact) mass is 235 g/mol. The number of carbonyl (C=O) groups excluding carboxylic acids is 1. The molecule has 0 aliphatic carbocycles. The SMILES string of the molecule is Cc1cc(C(=O)N2CCNCC2)c(=O)[nH]c1C. The van der Waals surface area contributed by atoms with Gasteiger partial charge in [-0.1, -0.05) is 0 Å². The molecular formula is C12H17N3O2. The number of aromatic nitrogens is 1. The molecule has 0 unspecified atom stereocenters. The quantitative estimate of drug-likeness (QED) is 0.722. The number of hydrogen-bond donors (Lipinski definition) is 2. The topological polar surface area (TPSA) is 65.2 Å². The lowest BCUT2D eigenvalue weighted by Gasteiger charge is -2.27. The first-order chi connectivity index (χ1) is 8.09. The second kappa shape index (κ2) is 4.71. The van der Waals surface area contributed by atoms with Crippen LogP contribution in [-0.4, -0.2) is 42.0 Å². The first kappa shape index (κ1) is 11.9. The molecule has 1 fully saturated rings. The van der Waals surface area contributed by atoms with Crippen LogP contribution in [0.5, 0.6) is 0 Å². The van der Waals surface area contributed by atoms with E-state index in [4.69, 9.17) is 0 Å². The third-order valence-electron chi connectivity index (χ3n) is 3.13. The Morgan fingerprint density at radius 1 is 1.29 bits per heavy atom. The summed E-state index contributed by atoms with van der Waals surface area (Å²) in [6.45, 7) is 6.61. The highest BCUT2D eigenvalue weighted by atomic mass is 16.2. The molecule has 0 aromatic carbocycles. The predicted octanol–water partition coefficient (Wildman–Crippen LogP) is 0.0371. The van der Waals surface area contributed by atoms with Crippen molar-refractivity contribution in [3.8, 4) is 0 Å². The maximum absolute atomic E-state index is 12.2. The zero-order chi connectivity index (χ0) is 12.4. The summed E-state index contributed by atoms with van der Waals surface area (Å²) in [5, 5.41) is 3.18. The Balaban J connectivity index is 2.30. The number of H-pyrrole nitrogens is 1. The molecule has 1 amide bonds. The fraction of sp³-hybridized carbons (Fsp3) is 0.500. The zero-order valence-electron chi connectivity index (χ0n) is 10.2. The fourth-order valence-corrected chi connectivity index (χ4v) is 1.92. The second-order valence-corrected chi connectivity index (χ2v) is 4.36. The van der Waals surface area contributed by atoms with Gasteiger partial charge in [0.2, 0.25) is 0 Å². The first-order valence-corrected chi connectivity index (χ1v) is 5.80. The lowest BCUT2D eigenvalue weighted by Crippen LogP contribution is -2.47.